The Bertz CT molecular complexity index is 749. The molecule has 8 heteroatoms. The van der Waals surface area contributed by atoms with E-state index in [1.807, 2.05) is 0 Å². The largest absolute Gasteiger partial charge is 0.481 e. The highest BCUT2D eigenvalue weighted by Gasteiger charge is 2.38. The number of carbonyl (C=O) groups excluding carboxylic acids is 2. The summed E-state index contributed by atoms with van der Waals surface area (Å²) >= 11 is 0. The molecular formula is C29H46N2O6. The van der Waals surface area contributed by atoms with Gasteiger partial charge in [-0.3, -0.25) is 19.2 Å². The highest BCUT2D eigenvalue weighted by atomic mass is 16.4. The Hall–Kier alpha value is -2.12. The third kappa shape index (κ3) is 7.47. The Morgan fingerprint density at radius 1 is 0.486 bits per heavy atom. The molecule has 208 valence electrons. The zero-order valence-electron chi connectivity index (χ0n) is 22.2. The van der Waals surface area contributed by atoms with Gasteiger partial charge < -0.3 is 20.8 Å². The molecule has 4 aliphatic carbocycles. The topological polar surface area (TPSA) is 133 Å². The third-order valence-electron chi connectivity index (χ3n) is 9.89. The summed E-state index contributed by atoms with van der Waals surface area (Å²) in [5, 5.41) is 25.3. The molecule has 0 saturated heterocycles. The van der Waals surface area contributed by atoms with E-state index in [9.17, 15) is 29.4 Å². The van der Waals surface area contributed by atoms with Crippen LogP contribution in [0.25, 0.3) is 0 Å². The van der Waals surface area contributed by atoms with E-state index in [1.165, 1.54) is 6.42 Å². The minimum atomic E-state index is -0.837. The fourth-order valence-corrected chi connectivity index (χ4v) is 7.65. The molecule has 37 heavy (non-hydrogen) atoms. The zero-order valence-corrected chi connectivity index (χ0v) is 22.2. The highest BCUT2D eigenvalue weighted by molar-refractivity contribution is 5.85. The summed E-state index contributed by atoms with van der Waals surface area (Å²) in [6.45, 7) is 0. The van der Waals surface area contributed by atoms with Crippen LogP contribution in [-0.2, 0) is 19.2 Å². The first-order valence-electron chi connectivity index (χ1n) is 14.9. The van der Waals surface area contributed by atoms with Gasteiger partial charge in [-0.2, -0.15) is 0 Å². The molecule has 0 radical (unpaired) electrons. The Balaban J connectivity index is 1.14. The van der Waals surface area contributed by atoms with Crippen molar-refractivity contribution in [3.05, 3.63) is 0 Å². The standard InChI is InChI=1S/C29H46N2O6/c32-26(22-5-1-3-7-24(22)28(34)35)30-20-13-9-18(10-14-20)17-19-11-15-21(16-12-19)31-27(33)23-6-2-4-8-25(23)29(36)37/h18-25H,1-17H2,(H,30,32)(H,31,33)(H,34,35)(H,36,37). The maximum Gasteiger partial charge on any atom is 0.307 e. The number of aliphatic carboxylic acids is 2. The van der Waals surface area contributed by atoms with E-state index in [0.29, 0.717) is 37.5 Å². The Morgan fingerprint density at radius 3 is 1.14 bits per heavy atom. The van der Waals surface area contributed by atoms with Crippen molar-refractivity contribution < 1.29 is 29.4 Å². The van der Waals surface area contributed by atoms with Gasteiger partial charge in [0.25, 0.3) is 0 Å². The van der Waals surface area contributed by atoms with E-state index in [-0.39, 0.29) is 35.7 Å². The van der Waals surface area contributed by atoms with Gasteiger partial charge in [0.05, 0.1) is 23.7 Å². The first-order chi connectivity index (χ1) is 17.8. The number of nitrogens with one attached hydrogen (secondary N) is 2. The second kappa shape index (κ2) is 13.1. The van der Waals surface area contributed by atoms with Gasteiger partial charge in [0.2, 0.25) is 11.8 Å². The van der Waals surface area contributed by atoms with Gasteiger partial charge in [-0.1, -0.05) is 25.7 Å². The summed E-state index contributed by atoms with van der Waals surface area (Å²) in [6, 6.07) is 0.334. The van der Waals surface area contributed by atoms with E-state index < -0.39 is 23.8 Å². The molecule has 4 saturated carbocycles. The average Bonchev–Trinajstić information content (AvgIpc) is 2.90. The Morgan fingerprint density at radius 2 is 0.811 bits per heavy atom. The molecule has 0 bridgehead atoms. The van der Waals surface area contributed by atoms with Crippen molar-refractivity contribution in [1.29, 1.82) is 0 Å². The minimum absolute atomic E-state index is 0.0566. The van der Waals surface area contributed by atoms with Gasteiger partial charge in [-0.25, -0.2) is 0 Å². The molecule has 4 unspecified atom stereocenters. The first kappa shape index (κ1) is 27.9. The lowest BCUT2D eigenvalue weighted by molar-refractivity contribution is -0.149. The third-order valence-corrected chi connectivity index (χ3v) is 9.89. The van der Waals surface area contributed by atoms with Crippen molar-refractivity contribution in [2.75, 3.05) is 0 Å². The molecule has 0 aliphatic heterocycles. The highest BCUT2D eigenvalue weighted by Crippen LogP contribution is 2.37. The Labute approximate surface area is 220 Å². The van der Waals surface area contributed by atoms with Crippen molar-refractivity contribution in [3.8, 4) is 0 Å². The van der Waals surface area contributed by atoms with Crippen LogP contribution in [0.4, 0.5) is 0 Å². The molecule has 0 spiro atoms. The normalized spacial score (nSPS) is 36.8. The molecule has 4 fully saturated rings. The van der Waals surface area contributed by atoms with Crippen LogP contribution in [-0.4, -0.2) is 46.0 Å². The minimum Gasteiger partial charge on any atom is -0.481 e. The van der Waals surface area contributed by atoms with Crippen LogP contribution in [0.1, 0.15) is 109 Å². The molecule has 4 aliphatic rings. The fraction of sp³-hybridized carbons (Fsp3) is 0.862. The van der Waals surface area contributed by atoms with Crippen molar-refractivity contribution in [2.24, 2.45) is 35.5 Å². The fourth-order valence-electron chi connectivity index (χ4n) is 7.65. The molecule has 4 N–H and O–H groups in total. The maximum atomic E-state index is 12.8. The molecule has 4 atom stereocenters. The lowest BCUT2D eigenvalue weighted by atomic mass is 9.75. The average molecular weight is 519 g/mol. The van der Waals surface area contributed by atoms with E-state index in [4.69, 9.17) is 0 Å². The number of carbonyl (C=O) groups is 4. The van der Waals surface area contributed by atoms with Gasteiger partial charge in [0.15, 0.2) is 0 Å². The van der Waals surface area contributed by atoms with E-state index in [2.05, 4.69) is 10.6 Å². The lowest BCUT2D eigenvalue weighted by Crippen LogP contribution is -2.45. The summed E-state index contributed by atoms with van der Waals surface area (Å²) in [5.74, 6) is -2.28. The maximum absolute atomic E-state index is 12.8. The van der Waals surface area contributed by atoms with Gasteiger partial charge in [0.1, 0.15) is 0 Å². The van der Waals surface area contributed by atoms with Crippen LogP contribution >= 0.6 is 0 Å². The van der Waals surface area contributed by atoms with Crippen LogP contribution < -0.4 is 10.6 Å². The molecule has 0 aromatic heterocycles. The monoisotopic (exact) mass is 518 g/mol. The quantitative estimate of drug-likeness (QED) is 0.374. The molecule has 0 aromatic rings. The van der Waals surface area contributed by atoms with Gasteiger partial charge in [0, 0.05) is 12.1 Å². The van der Waals surface area contributed by atoms with E-state index >= 15 is 0 Å². The smallest absolute Gasteiger partial charge is 0.307 e. The van der Waals surface area contributed by atoms with Crippen molar-refractivity contribution in [2.45, 2.75) is 121 Å². The number of hydrogen-bond donors (Lipinski definition) is 4. The predicted octanol–water partition coefficient (Wildman–Crippen LogP) is 4.51. The van der Waals surface area contributed by atoms with E-state index in [0.717, 1.165) is 77.0 Å². The summed E-state index contributed by atoms with van der Waals surface area (Å²) in [5.41, 5.74) is 0. The molecule has 2 amide bonds. The second-order valence-electron chi connectivity index (χ2n) is 12.4. The Kier molecular flexibility index (Phi) is 9.88. The molecule has 0 heterocycles. The van der Waals surface area contributed by atoms with Crippen LogP contribution in [0, 0.1) is 35.5 Å². The summed E-state index contributed by atoms with van der Waals surface area (Å²) < 4.78 is 0. The van der Waals surface area contributed by atoms with E-state index in [1.54, 1.807) is 0 Å². The van der Waals surface area contributed by atoms with Gasteiger partial charge in [-0.15, -0.1) is 0 Å². The van der Waals surface area contributed by atoms with Crippen LogP contribution in [0.15, 0.2) is 0 Å². The van der Waals surface area contributed by atoms with Crippen LogP contribution in [0.2, 0.25) is 0 Å². The SMILES string of the molecule is O=C(O)C1CCCCC1C(=O)NC1CCC(CC2CCC(NC(=O)C3CCCCC3C(=O)O)CC2)CC1. The predicted molar refractivity (Wildman–Crippen MR) is 139 cm³/mol. The van der Waals surface area contributed by atoms with Crippen LogP contribution in [0.5, 0.6) is 0 Å². The molecule has 4 rings (SSSR count). The molecule has 8 nitrogen and oxygen atoms in total. The number of rotatable bonds is 8. The van der Waals surface area contributed by atoms with Gasteiger partial charge in [-0.05, 0) is 95.3 Å². The number of carboxylic acid groups (broad SMARTS) is 2. The lowest BCUT2D eigenvalue weighted by Gasteiger charge is -2.36. The number of carboxylic acids is 2. The first-order valence-corrected chi connectivity index (χ1v) is 14.9. The van der Waals surface area contributed by atoms with Gasteiger partial charge >= 0.3 is 11.9 Å². The molecule has 0 aromatic carbocycles. The second-order valence-corrected chi connectivity index (χ2v) is 12.4. The van der Waals surface area contributed by atoms with Crippen molar-refractivity contribution in [3.63, 3.8) is 0 Å². The van der Waals surface area contributed by atoms with Crippen molar-refractivity contribution in [1.82, 2.24) is 10.6 Å². The molecular weight excluding hydrogens is 472 g/mol. The summed E-state index contributed by atoms with van der Waals surface area (Å²) in [4.78, 5) is 48.7. The van der Waals surface area contributed by atoms with Crippen molar-refractivity contribution >= 4 is 23.8 Å². The number of hydrogen-bond acceptors (Lipinski definition) is 4. The summed E-state index contributed by atoms with van der Waals surface area (Å²) in [7, 11) is 0. The number of amides is 2. The zero-order chi connectivity index (χ0) is 26.4. The summed E-state index contributed by atoms with van der Waals surface area (Å²) in [6.07, 6.45) is 15.7. The van der Waals surface area contributed by atoms with Crippen LogP contribution in [0.3, 0.4) is 0 Å².